The van der Waals surface area contributed by atoms with Crippen LogP contribution in [0.2, 0.25) is 18.1 Å². The average molecular weight is 161 g/mol. The summed E-state index contributed by atoms with van der Waals surface area (Å²) in [5, 5.41) is 0.424. The lowest BCUT2D eigenvalue weighted by Gasteiger charge is -2.24. The zero-order valence-corrected chi connectivity index (χ0v) is 9.53. The van der Waals surface area contributed by atoms with Crippen LogP contribution in [0, 0.1) is 0 Å². The van der Waals surface area contributed by atoms with E-state index in [1.165, 1.54) is 0 Å². The van der Waals surface area contributed by atoms with Crippen LogP contribution in [0.3, 0.4) is 0 Å². The highest BCUT2D eigenvalue weighted by Crippen LogP contribution is 2.26. The first-order valence-electron chi connectivity index (χ1n) is 3.45. The zero-order chi connectivity index (χ0) is 7.49. The van der Waals surface area contributed by atoms with Crippen LogP contribution in [0.5, 0.6) is 0 Å². The normalized spacial score (nSPS) is 14.0. The molecule has 0 heterocycles. The van der Waals surface area contributed by atoms with E-state index in [9.17, 15) is 0 Å². The molecule has 0 aliphatic rings. The molecule has 0 rings (SSSR count). The van der Waals surface area contributed by atoms with Gasteiger partial charge in [0.2, 0.25) is 0 Å². The summed E-state index contributed by atoms with van der Waals surface area (Å²) in [5.74, 6) is 0. The fourth-order valence-electron chi connectivity index (χ4n) is 0.433. The second kappa shape index (κ2) is 3.53. The molecule has 9 heavy (non-hydrogen) atoms. The topological polar surface area (TPSA) is 9.23 Å². The van der Waals surface area contributed by atoms with E-state index in [1.54, 1.807) is 0 Å². The molecule has 3 heteroatoms. The van der Waals surface area contributed by atoms with Gasteiger partial charge < -0.3 is 4.12 Å². The van der Waals surface area contributed by atoms with Crippen molar-refractivity contribution in [3.8, 4) is 0 Å². The molecule has 0 fully saturated rings. The monoisotopic (exact) mass is 161 g/mol. The smallest absolute Gasteiger partial charge is 0.200 e. The van der Waals surface area contributed by atoms with Crippen LogP contribution in [0.25, 0.3) is 0 Å². The minimum Gasteiger partial charge on any atom is -0.461 e. The molecule has 0 bridgehead atoms. The predicted molar refractivity (Wildman–Crippen MR) is 46.8 cm³/mol. The second-order valence-electron chi connectivity index (χ2n) is 3.24. The van der Waals surface area contributed by atoms with Crippen molar-refractivity contribution in [2.45, 2.75) is 38.9 Å². The summed E-state index contributed by atoms with van der Waals surface area (Å²) >= 11 is 0. The fraction of sp³-hybridized carbons (Fsp3) is 1.00. The molecule has 0 saturated carbocycles. The van der Waals surface area contributed by atoms with E-state index in [4.69, 9.17) is 4.12 Å². The molecule has 0 atom stereocenters. The van der Waals surface area contributed by atoms with Crippen LogP contribution in [0.1, 0.15) is 20.8 Å². The Morgan fingerprint density at radius 1 is 1.33 bits per heavy atom. The van der Waals surface area contributed by atoms with Gasteiger partial charge in [0.15, 0.2) is 9.04 Å². The minimum absolute atomic E-state index is 0.168. The van der Waals surface area contributed by atoms with Crippen molar-refractivity contribution < 1.29 is 4.12 Å². The Morgan fingerprint density at radius 2 is 1.78 bits per heavy atom. The maximum Gasteiger partial charge on any atom is 0.200 e. The van der Waals surface area contributed by atoms with Gasteiger partial charge in [-0.25, -0.2) is 0 Å². The quantitative estimate of drug-likeness (QED) is 0.559. The summed E-state index contributed by atoms with van der Waals surface area (Å²) in [4.78, 5) is 0. The Balaban J connectivity index is 3.59. The molecule has 0 aromatic rings. The van der Waals surface area contributed by atoms with Gasteiger partial charge in [0.05, 0.1) is 0 Å². The van der Waals surface area contributed by atoms with Gasteiger partial charge in [-0.2, -0.15) is 0 Å². The minimum atomic E-state index is -0.494. The molecule has 0 aliphatic carbocycles. The summed E-state index contributed by atoms with van der Waals surface area (Å²) in [6.45, 7) is 11.2. The van der Waals surface area contributed by atoms with Crippen molar-refractivity contribution in [3.05, 3.63) is 0 Å². The van der Waals surface area contributed by atoms with Crippen molar-refractivity contribution in [1.82, 2.24) is 0 Å². The first-order chi connectivity index (χ1) is 3.98. The van der Waals surface area contributed by atoms with Gasteiger partial charge in [0.1, 0.15) is 9.76 Å². The molecule has 0 spiro atoms. The average Bonchev–Trinajstić information content (AvgIpc) is 1.64. The molecular formula is C6H17OSi2. The third-order valence-corrected chi connectivity index (χ3v) is 6.42. The van der Waals surface area contributed by atoms with Crippen molar-refractivity contribution >= 4 is 18.8 Å². The van der Waals surface area contributed by atoms with Gasteiger partial charge in [-0.1, -0.05) is 27.3 Å². The van der Waals surface area contributed by atoms with Gasteiger partial charge in [0.25, 0.3) is 0 Å². The summed E-state index contributed by atoms with van der Waals surface area (Å²) < 4.78 is 5.65. The van der Waals surface area contributed by atoms with Crippen LogP contribution < -0.4 is 0 Å². The highest BCUT2D eigenvalue weighted by molar-refractivity contribution is 6.59. The molecule has 0 aromatic heterocycles. The standard InChI is InChI=1S/C6H17OSi2/c1-6(2,3)9(5)7-8-4/h8H2,1-5H3. The Labute approximate surface area is 62.5 Å². The Kier molecular flexibility index (Phi) is 3.69. The third-order valence-electron chi connectivity index (χ3n) is 1.42. The van der Waals surface area contributed by atoms with Crippen molar-refractivity contribution in [2.24, 2.45) is 0 Å². The Bertz CT molecular complexity index is 77.6. The van der Waals surface area contributed by atoms with Crippen LogP contribution >= 0.6 is 0 Å². The summed E-state index contributed by atoms with van der Waals surface area (Å²) in [6.07, 6.45) is 0. The van der Waals surface area contributed by atoms with E-state index < -0.39 is 9.04 Å². The van der Waals surface area contributed by atoms with E-state index in [1.807, 2.05) is 0 Å². The maximum absolute atomic E-state index is 5.65. The van der Waals surface area contributed by atoms with E-state index in [0.29, 0.717) is 5.04 Å². The fourth-order valence-corrected chi connectivity index (χ4v) is 3.90. The van der Waals surface area contributed by atoms with E-state index in [2.05, 4.69) is 33.9 Å². The van der Waals surface area contributed by atoms with E-state index in [-0.39, 0.29) is 9.76 Å². The first kappa shape index (κ1) is 9.39. The van der Waals surface area contributed by atoms with Gasteiger partial charge in [0, 0.05) is 0 Å². The molecule has 1 radical (unpaired) electrons. The lowest BCUT2D eigenvalue weighted by molar-refractivity contribution is 0.551. The summed E-state index contributed by atoms with van der Waals surface area (Å²) in [7, 11) is -0.662. The number of hydrogen-bond acceptors (Lipinski definition) is 1. The SMILES string of the molecule is C[SiH2]O[Si](C)C(C)(C)C. The molecule has 0 aromatic carbocycles. The highest BCUT2D eigenvalue weighted by Gasteiger charge is 2.22. The molecule has 0 aliphatic heterocycles. The molecular weight excluding hydrogens is 144 g/mol. The van der Waals surface area contributed by atoms with Gasteiger partial charge in [-0.3, -0.25) is 0 Å². The number of rotatable bonds is 2. The van der Waals surface area contributed by atoms with Gasteiger partial charge in [-0.15, -0.1) is 0 Å². The van der Waals surface area contributed by atoms with Crippen LogP contribution in [0.4, 0.5) is 0 Å². The third kappa shape index (κ3) is 3.89. The largest absolute Gasteiger partial charge is 0.461 e. The van der Waals surface area contributed by atoms with Gasteiger partial charge in [-0.05, 0) is 11.6 Å². The zero-order valence-electron chi connectivity index (χ0n) is 7.12. The molecule has 1 nitrogen and oxygen atoms in total. The van der Waals surface area contributed by atoms with Crippen LogP contribution in [-0.2, 0) is 4.12 Å². The molecule has 0 N–H and O–H groups in total. The molecule has 55 valence electrons. The Hall–Kier alpha value is 0.394. The van der Waals surface area contributed by atoms with Crippen LogP contribution in [-0.4, -0.2) is 18.8 Å². The second-order valence-corrected chi connectivity index (χ2v) is 7.58. The van der Waals surface area contributed by atoms with E-state index in [0.717, 1.165) is 0 Å². The predicted octanol–water partition coefficient (Wildman–Crippen LogP) is 1.56. The lowest BCUT2D eigenvalue weighted by Crippen LogP contribution is -2.26. The first-order valence-corrected chi connectivity index (χ1v) is 7.35. The lowest BCUT2D eigenvalue weighted by atomic mass is 10.3. The van der Waals surface area contributed by atoms with E-state index >= 15 is 0 Å². The molecule has 0 unspecified atom stereocenters. The Morgan fingerprint density at radius 3 is 1.89 bits per heavy atom. The highest BCUT2D eigenvalue weighted by atomic mass is 28.3. The van der Waals surface area contributed by atoms with Gasteiger partial charge >= 0.3 is 0 Å². The molecule has 0 saturated heterocycles. The number of hydrogen-bond donors (Lipinski definition) is 0. The summed E-state index contributed by atoms with van der Waals surface area (Å²) in [6, 6.07) is 0. The van der Waals surface area contributed by atoms with Crippen molar-refractivity contribution in [3.63, 3.8) is 0 Å². The van der Waals surface area contributed by atoms with Crippen molar-refractivity contribution in [2.75, 3.05) is 0 Å². The van der Waals surface area contributed by atoms with Crippen LogP contribution in [0.15, 0.2) is 0 Å². The van der Waals surface area contributed by atoms with Crippen molar-refractivity contribution in [1.29, 1.82) is 0 Å². The molecule has 0 amide bonds. The summed E-state index contributed by atoms with van der Waals surface area (Å²) in [5.41, 5.74) is 0. The maximum atomic E-state index is 5.65.